The monoisotopic (exact) mass is 345 g/mol. The standard InChI is InChI=1S/C17H16BrNO2/c1-12(19-15-7-5-14(18)6-8-15)11-17(20)13-3-9-16(21-2)10-4-13/h3-11,19H,1-2H3/b12-11-. The summed E-state index contributed by atoms with van der Waals surface area (Å²) in [5, 5.41) is 3.19. The number of ketones is 1. The van der Waals surface area contributed by atoms with E-state index in [1.807, 2.05) is 31.2 Å². The number of carbonyl (C=O) groups excluding carboxylic acids is 1. The molecule has 0 saturated carbocycles. The largest absolute Gasteiger partial charge is 0.497 e. The average Bonchev–Trinajstić information content (AvgIpc) is 2.49. The second kappa shape index (κ2) is 7.09. The smallest absolute Gasteiger partial charge is 0.187 e. The number of anilines is 1. The summed E-state index contributed by atoms with van der Waals surface area (Å²) < 4.78 is 6.09. The highest BCUT2D eigenvalue weighted by atomic mass is 79.9. The van der Waals surface area contributed by atoms with Gasteiger partial charge in [0.1, 0.15) is 5.75 Å². The molecule has 0 radical (unpaired) electrons. The molecular formula is C17H16BrNO2. The van der Waals surface area contributed by atoms with Crippen LogP contribution in [-0.2, 0) is 0 Å². The van der Waals surface area contributed by atoms with E-state index >= 15 is 0 Å². The third-order valence-corrected chi connectivity index (χ3v) is 3.44. The van der Waals surface area contributed by atoms with Crippen LogP contribution < -0.4 is 10.1 Å². The molecule has 0 atom stereocenters. The highest BCUT2D eigenvalue weighted by Gasteiger charge is 2.04. The first-order chi connectivity index (χ1) is 10.1. The molecule has 2 aromatic rings. The fourth-order valence-corrected chi connectivity index (χ4v) is 2.10. The topological polar surface area (TPSA) is 38.3 Å². The minimum Gasteiger partial charge on any atom is -0.497 e. The van der Waals surface area contributed by atoms with Gasteiger partial charge < -0.3 is 10.1 Å². The van der Waals surface area contributed by atoms with Crippen LogP contribution in [0.3, 0.4) is 0 Å². The van der Waals surface area contributed by atoms with Crippen LogP contribution in [0.1, 0.15) is 17.3 Å². The summed E-state index contributed by atoms with van der Waals surface area (Å²) >= 11 is 3.39. The molecule has 0 fully saturated rings. The van der Waals surface area contributed by atoms with E-state index < -0.39 is 0 Å². The summed E-state index contributed by atoms with van der Waals surface area (Å²) in [6.07, 6.45) is 1.59. The van der Waals surface area contributed by atoms with Crippen molar-refractivity contribution in [2.24, 2.45) is 0 Å². The first-order valence-corrected chi connectivity index (χ1v) is 7.27. The number of carbonyl (C=O) groups is 1. The molecule has 0 saturated heterocycles. The lowest BCUT2D eigenvalue weighted by Crippen LogP contribution is -2.01. The van der Waals surface area contributed by atoms with Gasteiger partial charge in [-0.05, 0) is 55.5 Å². The van der Waals surface area contributed by atoms with Crippen molar-refractivity contribution in [3.8, 4) is 5.75 Å². The van der Waals surface area contributed by atoms with Gasteiger partial charge in [-0.3, -0.25) is 4.79 Å². The van der Waals surface area contributed by atoms with Gasteiger partial charge in [0, 0.05) is 27.5 Å². The number of nitrogens with one attached hydrogen (secondary N) is 1. The Kier molecular flexibility index (Phi) is 5.17. The molecule has 0 heterocycles. The highest BCUT2D eigenvalue weighted by Crippen LogP contribution is 2.16. The third-order valence-electron chi connectivity index (χ3n) is 2.91. The maximum absolute atomic E-state index is 12.1. The zero-order valence-electron chi connectivity index (χ0n) is 11.9. The Labute approximate surface area is 132 Å². The quantitative estimate of drug-likeness (QED) is 0.632. The summed E-state index contributed by atoms with van der Waals surface area (Å²) in [5.74, 6) is 0.694. The van der Waals surface area contributed by atoms with Gasteiger partial charge in [0.05, 0.1) is 7.11 Å². The van der Waals surface area contributed by atoms with Gasteiger partial charge in [-0.2, -0.15) is 0 Å². The highest BCUT2D eigenvalue weighted by molar-refractivity contribution is 9.10. The molecule has 108 valence electrons. The molecule has 21 heavy (non-hydrogen) atoms. The Bertz CT molecular complexity index is 645. The minimum atomic E-state index is -0.0419. The van der Waals surface area contributed by atoms with Gasteiger partial charge in [-0.25, -0.2) is 0 Å². The van der Waals surface area contributed by atoms with Crippen LogP contribution in [-0.4, -0.2) is 12.9 Å². The minimum absolute atomic E-state index is 0.0419. The number of halogens is 1. The molecule has 0 aromatic heterocycles. The predicted molar refractivity (Wildman–Crippen MR) is 88.8 cm³/mol. The third kappa shape index (κ3) is 4.46. The second-order valence-electron chi connectivity index (χ2n) is 4.55. The van der Waals surface area contributed by atoms with Crippen LogP contribution in [0, 0.1) is 0 Å². The SMILES string of the molecule is COc1ccc(C(=O)/C=C(/C)Nc2ccc(Br)cc2)cc1. The van der Waals surface area contributed by atoms with E-state index in [4.69, 9.17) is 4.74 Å². The van der Waals surface area contributed by atoms with Crippen molar-refractivity contribution in [3.63, 3.8) is 0 Å². The second-order valence-corrected chi connectivity index (χ2v) is 5.47. The number of hydrogen-bond acceptors (Lipinski definition) is 3. The van der Waals surface area contributed by atoms with Crippen LogP contribution in [0.4, 0.5) is 5.69 Å². The molecule has 2 rings (SSSR count). The van der Waals surface area contributed by atoms with Crippen molar-refractivity contribution in [3.05, 3.63) is 70.3 Å². The normalized spacial score (nSPS) is 11.1. The molecule has 1 N–H and O–H groups in total. The van der Waals surface area contributed by atoms with Gasteiger partial charge in [-0.15, -0.1) is 0 Å². The fraction of sp³-hybridized carbons (Fsp3) is 0.118. The Balaban J connectivity index is 2.06. The molecule has 4 heteroatoms. The zero-order valence-corrected chi connectivity index (χ0v) is 13.5. The summed E-state index contributed by atoms with van der Waals surface area (Å²) in [6, 6.07) is 14.8. The lowest BCUT2D eigenvalue weighted by atomic mass is 10.1. The van der Waals surface area contributed by atoms with E-state index in [0.29, 0.717) is 5.56 Å². The first kappa shape index (κ1) is 15.3. The molecule has 0 bridgehead atoms. The lowest BCUT2D eigenvalue weighted by molar-refractivity contribution is 0.104. The Morgan fingerprint density at radius 3 is 2.29 bits per heavy atom. The molecule has 0 aliphatic carbocycles. The number of hydrogen-bond donors (Lipinski definition) is 1. The maximum Gasteiger partial charge on any atom is 0.187 e. The summed E-state index contributed by atoms with van der Waals surface area (Å²) in [5.41, 5.74) is 2.36. The van der Waals surface area contributed by atoms with Crippen molar-refractivity contribution in [2.75, 3.05) is 12.4 Å². The van der Waals surface area contributed by atoms with Crippen LogP contribution in [0.15, 0.2) is 64.8 Å². The van der Waals surface area contributed by atoms with Gasteiger partial charge in [0.25, 0.3) is 0 Å². The van der Waals surface area contributed by atoms with Crippen molar-refractivity contribution >= 4 is 27.4 Å². The molecule has 0 amide bonds. The van der Waals surface area contributed by atoms with E-state index in [9.17, 15) is 4.79 Å². The van der Waals surface area contributed by atoms with Gasteiger partial charge in [-0.1, -0.05) is 15.9 Å². The summed E-state index contributed by atoms with van der Waals surface area (Å²) in [7, 11) is 1.60. The van der Waals surface area contributed by atoms with Gasteiger partial charge in [0.2, 0.25) is 0 Å². The zero-order chi connectivity index (χ0) is 15.2. The van der Waals surface area contributed by atoms with E-state index in [1.165, 1.54) is 0 Å². The summed E-state index contributed by atoms with van der Waals surface area (Å²) in [4.78, 5) is 12.1. The Hall–Kier alpha value is -2.07. The van der Waals surface area contributed by atoms with E-state index in [2.05, 4.69) is 21.2 Å². The molecule has 0 spiro atoms. The number of allylic oxidation sites excluding steroid dienone is 2. The fourth-order valence-electron chi connectivity index (χ4n) is 1.83. The van der Waals surface area contributed by atoms with Crippen LogP contribution in [0.2, 0.25) is 0 Å². The van der Waals surface area contributed by atoms with Crippen molar-refractivity contribution in [1.82, 2.24) is 0 Å². The van der Waals surface area contributed by atoms with Crippen LogP contribution >= 0.6 is 15.9 Å². The lowest BCUT2D eigenvalue weighted by Gasteiger charge is -2.06. The van der Waals surface area contributed by atoms with E-state index in [0.717, 1.165) is 21.6 Å². The predicted octanol–water partition coefficient (Wildman–Crippen LogP) is 4.66. The molecule has 0 unspecified atom stereocenters. The van der Waals surface area contributed by atoms with E-state index in [-0.39, 0.29) is 5.78 Å². The molecular weight excluding hydrogens is 330 g/mol. The molecule has 3 nitrogen and oxygen atoms in total. The molecule has 0 aliphatic heterocycles. The van der Waals surface area contributed by atoms with Crippen LogP contribution in [0.5, 0.6) is 5.75 Å². The number of benzene rings is 2. The summed E-state index contributed by atoms with van der Waals surface area (Å²) in [6.45, 7) is 1.86. The Morgan fingerprint density at radius 2 is 1.71 bits per heavy atom. The maximum atomic E-state index is 12.1. The van der Waals surface area contributed by atoms with Crippen molar-refractivity contribution < 1.29 is 9.53 Å². The van der Waals surface area contributed by atoms with Gasteiger partial charge >= 0.3 is 0 Å². The number of ether oxygens (including phenoxy) is 1. The van der Waals surface area contributed by atoms with Crippen molar-refractivity contribution in [1.29, 1.82) is 0 Å². The van der Waals surface area contributed by atoms with Gasteiger partial charge in [0.15, 0.2) is 5.78 Å². The molecule has 0 aliphatic rings. The van der Waals surface area contributed by atoms with Crippen molar-refractivity contribution in [2.45, 2.75) is 6.92 Å². The first-order valence-electron chi connectivity index (χ1n) is 6.48. The Morgan fingerprint density at radius 1 is 1.10 bits per heavy atom. The molecule has 2 aromatic carbocycles. The van der Waals surface area contributed by atoms with Crippen LogP contribution in [0.25, 0.3) is 0 Å². The number of methoxy groups -OCH3 is 1. The number of rotatable bonds is 5. The average molecular weight is 346 g/mol. The van der Waals surface area contributed by atoms with E-state index in [1.54, 1.807) is 37.5 Å².